The molecule has 2 atom stereocenters. The van der Waals surface area contributed by atoms with Crippen molar-refractivity contribution in [3.8, 4) is 5.75 Å². The van der Waals surface area contributed by atoms with Crippen LogP contribution in [0.4, 0.5) is 8.78 Å². The van der Waals surface area contributed by atoms with Crippen molar-refractivity contribution in [2.24, 2.45) is 0 Å². The van der Waals surface area contributed by atoms with Gasteiger partial charge >= 0.3 is 5.97 Å². The van der Waals surface area contributed by atoms with E-state index in [2.05, 4.69) is 5.32 Å². The van der Waals surface area contributed by atoms with Gasteiger partial charge in [0, 0.05) is 17.5 Å². The van der Waals surface area contributed by atoms with Crippen LogP contribution in [0.2, 0.25) is 0 Å². The monoisotopic (exact) mass is 333 g/mol. The topological polar surface area (TPSA) is 58.6 Å². The summed E-state index contributed by atoms with van der Waals surface area (Å²) in [5.74, 6) is -2.02. The number of ether oxygens (including phenoxy) is 1. The Morgan fingerprint density at radius 1 is 1.21 bits per heavy atom. The van der Waals surface area contributed by atoms with Crippen molar-refractivity contribution < 1.29 is 23.4 Å². The summed E-state index contributed by atoms with van der Waals surface area (Å²) >= 11 is 0. The zero-order chi connectivity index (χ0) is 17.1. The molecule has 1 fully saturated rings. The van der Waals surface area contributed by atoms with Crippen LogP contribution in [0.5, 0.6) is 5.75 Å². The van der Waals surface area contributed by atoms with Gasteiger partial charge in [0.1, 0.15) is 30.0 Å². The average molecular weight is 333 g/mol. The second-order valence-electron chi connectivity index (χ2n) is 5.73. The predicted molar refractivity (Wildman–Crippen MR) is 83.9 cm³/mol. The van der Waals surface area contributed by atoms with Crippen LogP contribution in [0.15, 0.2) is 42.5 Å². The van der Waals surface area contributed by atoms with Gasteiger partial charge in [-0.05, 0) is 30.7 Å². The Hall–Kier alpha value is -2.47. The minimum Gasteiger partial charge on any atom is -0.489 e. The average Bonchev–Trinajstić information content (AvgIpc) is 3.04. The SMILES string of the molecule is O=C(O)[C@H]1NCC[C@@H]1c1ccc(OCc2ccccc2F)cc1F. The molecule has 0 bridgehead atoms. The van der Waals surface area contributed by atoms with E-state index in [1.54, 1.807) is 30.3 Å². The van der Waals surface area contributed by atoms with Crippen LogP contribution in [0, 0.1) is 11.6 Å². The third-order valence-electron chi connectivity index (χ3n) is 4.21. The summed E-state index contributed by atoms with van der Waals surface area (Å²) in [6.07, 6.45) is 0.559. The first kappa shape index (κ1) is 16.4. The van der Waals surface area contributed by atoms with Crippen molar-refractivity contribution in [3.05, 3.63) is 65.2 Å². The Bertz CT molecular complexity index is 751. The molecule has 2 aromatic carbocycles. The molecule has 0 aromatic heterocycles. The fraction of sp³-hybridized carbons (Fsp3) is 0.278. The molecule has 0 radical (unpaired) electrons. The molecule has 2 N–H and O–H groups in total. The molecule has 1 aliphatic rings. The second-order valence-corrected chi connectivity index (χ2v) is 5.73. The van der Waals surface area contributed by atoms with Gasteiger partial charge in [-0.2, -0.15) is 0 Å². The zero-order valence-electron chi connectivity index (χ0n) is 12.8. The van der Waals surface area contributed by atoms with Gasteiger partial charge in [-0.1, -0.05) is 24.3 Å². The van der Waals surface area contributed by atoms with Gasteiger partial charge in [0.25, 0.3) is 0 Å². The summed E-state index contributed by atoms with van der Waals surface area (Å²) in [5.41, 5.74) is 0.735. The minimum absolute atomic E-state index is 0.00576. The number of hydrogen-bond acceptors (Lipinski definition) is 3. The zero-order valence-corrected chi connectivity index (χ0v) is 12.8. The molecule has 4 nitrogen and oxygen atoms in total. The van der Waals surface area contributed by atoms with E-state index in [1.807, 2.05) is 0 Å². The number of nitrogens with one attached hydrogen (secondary N) is 1. The summed E-state index contributed by atoms with van der Waals surface area (Å²) in [6, 6.07) is 9.77. The molecule has 0 aliphatic carbocycles. The molecule has 0 spiro atoms. The lowest BCUT2D eigenvalue weighted by atomic mass is 9.91. The highest BCUT2D eigenvalue weighted by Gasteiger charge is 2.35. The molecule has 0 saturated carbocycles. The van der Waals surface area contributed by atoms with E-state index in [0.717, 1.165) is 0 Å². The largest absolute Gasteiger partial charge is 0.489 e. The standard InChI is InChI=1S/C18H17F2NO3/c19-15-4-2-1-3-11(15)10-24-12-5-6-13(16(20)9-12)14-7-8-21-17(14)18(22)23/h1-6,9,14,17,21H,7-8,10H2,(H,22,23)/t14-,17+/m1/s1. The fourth-order valence-electron chi connectivity index (χ4n) is 2.97. The van der Waals surface area contributed by atoms with Crippen molar-refractivity contribution in [1.82, 2.24) is 5.32 Å². The summed E-state index contributed by atoms with van der Waals surface area (Å²) < 4.78 is 33.3. The van der Waals surface area contributed by atoms with Crippen LogP contribution in [0.25, 0.3) is 0 Å². The molecule has 126 valence electrons. The third kappa shape index (κ3) is 3.38. The Balaban J connectivity index is 1.73. The van der Waals surface area contributed by atoms with Crippen molar-refractivity contribution in [2.75, 3.05) is 6.54 Å². The van der Waals surface area contributed by atoms with E-state index in [-0.39, 0.29) is 18.2 Å². The normalized spacial score (nSPS) is 20.1. The predicted octanol–water partition coefficient (Wildman–Crippen LogP) is 3.07. The maximum atomic E-state index is 14.4. The number of benzene rings is 2. The van der Waals surface area contributed by atoms with Crippen LogP contribution in [-0.4, -0.2) is 23.7 Å². The smallest absolute Gasteiger partial charge is 0.321 e. The summed E-state index contributed by atoms with van der Waals surface area (Å²) in [5, 5.41) is 12.0. The molecular weight excluding hydrogens is 316 g/mol. The quantitative estimate of drug-likeness (QED) is 0.883. The van der Waals surface area contributed by atoms with Gasteiger partial charge in [-0.3, -0.25) is 4.79 Å². The summed E-state index contributed by atoms with van der Waals surface area (Å²) in [4.78, 5) is 11.2. The minimum atomic E-state index is -0.989. The van der Waals surface area contributed by atoms with E-state index in [4.69, 9.17) is 4.74 Å². The lowest BCUT2D eigenvalue weighted by Gasteiger charge is -2.17. The molecule has 24 heavy (non-hydrogen) atoms. The Morgan fingerprint density at radius 3 is 2.71 bits per heavy atom. The molecule has 6 heteroatoms. The van der Waals surface area contributed by atoms with Crippen molar-refractivity contribution in [2.45, 2.75) is 25.0 Å². The Morgan fingerprint density at radius 2 is 2.00 bits per heavy atom. The molecule has 2 aromatic rings. The van der Waals surface area contributed by atoms with Crippen LogP contribution < -0.4 is 10.1 Å². The summed E-state index contributed by atoms with van der Waals surface area (Å²) in [7, 11) is 0. The maximum Gasteiger partial charge on any atom is 0.321 e. The number of carboxylic acid groups (broad SMARTS) is 1. The lowest BCUT2D eigenvalue weighted by molar-refractivity contribution is -0.139. The van der Waals surface area contributed by atoms with Crippen LogP contribution in [0.1, 0.15) is 23.5 Å². The first-order valence-corrected chi connectivity index (χ1v) is 7.68. The first-order valence-electron chi connectivity index (χ1n) is 7.68. The number of rotatable bonds is 5. The number of hydrogen-bond donors (Lipinski definition) is 2. The number of carboxylic acids is 1. The maximum absolute atomic E-state index is 14.4. The lowest BCUT2D eigenvalue weighted by Crippen LogP contribution is -2.34. The van der Waals surface area contributed by atoms with Gasteiger partial charge in [-0.25, -0.2) is 8.78 Å². The van der Waals surface area contributed by atoms with Crippen molar-refractivity contribution in [3.63, 3.8) is 0 Å². The fourth-order valence-corrected chi connectivity index (χ4v) is 2.97. The van der Waals surface area contributed by atoms with Gasteiger partial charge in [0.2, 0.25) is 0 Å². The highest BCUT2D eigenvalue weighted by Crippen LogP contribution is 2.31. The van der Waals surface area contributed by atoms with Crippen molar-refractivity contribution >= 4 is 5.97 Å². The van der Waals surface area contributed by atoms with Crippen LogP contribution >= 0.6 is 0 Å². The van der Waals surface area contributed by atoms with E-state index >= 15 is 0 Å². The van der Waals surface area contributed by atoms with Gasteiger partial charge < -0.3 is 15.2 Å². The molecule has 1 heterocycles. The molecule has 3 rings (SSSR count). The number of aliphatic carboxylic acids is 1. The van der Waals surface area contributed by atoms with E-state index in [0.29, 0.717) is 24.1 Å². The van der Waals surface area contributed by atoms with Crippen molar-refractivity contribution in [1.29, 1.82) is 0 Å². The molecular formula is C18H17F2NO3. The first-order chi connectivity index (χ1) is 11.6. The molecule has 0 amide bonds. The van der Waals surface area contributed by atoms with E-state index in [9.17, 15) is 18.7 Å². The number of halogens is 2. The van der Waals surface area contributed by atoms with Crippen LogP contribution in [0.3, 0.4) is 0 Å². The molecule has 0 unspecified atom stereocenters. The molecule has 1 saturated heterocycles. The highest BCUT2D eigenvalue weighted by atomic mass is 19.1. The van der Waals surface area contributed by atoms with Gasteiger partial charge in [-0.15, -0.1) is 0 Å². The molecule has 1 aliphatic heterocycles. The Labute approximate surface area is 138 Å². The van der Waals surface area contributed by atoms with Gasteiger partial charge in [0.15, 0.2) is 0 Å². The summed E-state index contributed by atoms with van der Waals surface area (Å²) in [6.45, 7) is 0.529. The highest BCUT2D eigenvalue weighted by molar-refractivity contribution is 5.75. The van der Waals surface area contributed by atoms with Crippen LogP contribution in [-0.2, 0) is 11.4 Å². The Kier molecular flexibility index (Phi) is 4.76. The van der Waals surface area contributed by atoms with E-state index < -0.39 is 23.7 Å². The second kappa shape index (κ2) is 6.97. The number of carbonyl (C=O) groups is 1. The van der Waals surface area contributed by atoms with E-state index in [1.165, 1.54) is 12.1 Å². The third-order valence-corrected chi connectivity index (χ3v) is 4.21. The van der Waals surface area contributed by atoms with Gasteiger partial charge in [0.05, 0.1) is 0 Å².